The number of hydrogen-bond acceptors (Lipinski definition) is 6. The van der Waals surface area contributed by atoms with Crippen LogP contribution in [0.5, 0.6) is 0 Å². The largest absolute Gasteiger partial charge is 0.347 e. The van der Waals surface area contributed by atoms with Crippen LogP contribution in [0.4, 0.5) is 4.79 Å². The monoisotopic (exact) mass is 412 g/mol. The molecule has 26 heavy (non-hydrogen) atoms. The van der Waals surface area contributed by atoms with E-state index in [4.69, 9.17) is 11.6 Å². The normalized spacial score (nSPS) is 23.0. The van der Waals surface area contributed by atoms with Gasteiger partial charge in [-0.2, -0.15) is 0 Å². The van der Waals surface area contributed by atoms with Gasteiger partial charge in [0.25, 0.3) is 11.1 Å². The first-order valence-electron chi connectivity index (χ1n) is 7.45. The zero-order valence-corrected chi connectivity index (χ0v) is 15.6. The van der Waals surface area contributed by atoms with Crippen LogP contribution in [0.1, 0.15) is 5.56 Å². The summed E-state index contributed by atoms with van der Waals surface area (Å²) in [5.41, 5.74) is 0.588. The fraction of sp³-hybridized carbons (Fsp3) is 0.188. The van der Waals surface area contributed by atoms with Crippen molar-refractivity contribution < 1.29 is 22.8 Å². The molecule has 0 radical (unpaired) electrons. The van der Waals surface area contributed by atoms with E-state index in [0.717, 1.165) is 22.1 Å². The topological polar surface area (TPSA) is 101 Å². The molecule has 3 amide bonds. The number of nitrogens with one attached hydrogen (secondary N) is 1. The number of benzene rings is 1. The zero-order chi connectivity index (χ0) is 18.9. The van der Waals surface area contributed by atoms with Crippen LogP contribution in [0.25, 0.3) is 6.08 Å². The van der Waals surface area contributed by atoms with Crippen LogP contribution in [-0.4, -0.2) is 48.7 Å². The Bertz CT molecular complexity index is 955. The third kappa shape index (κ3) is 4.17. The number of nitrogens with zero attached hydrogens (tertiary/aromatic N) is 1. The summed E-state index contributed by atoms with van der Waals surface area (Å²) >= 11 is 6.76. The summed E-state index contributed by atoms with van der Waals surface area (Å²) in [6.45, 7) is -0.477. The maximum Gasteiger partial charge on any atom is 0.294 e. The number of hydrogen-bond donors (Lipinski definition) is 1. The molecule has 10 heteroatoms. The summed E-state index contributed by atoms with van der Waals surface area (Å²) in [6.07, 6.45) is 2.86. The van der Waals surface area contributed by atoms with Crippen LogP contribution in [-0.2, 0) is 19.4 Å². The van der Waals surface area contributed by atoms with Crippen molar-refractivity contribution in [3.8, 4) is 0 Å². The number of amides is 3. The molecule has 136 valence electrons. The standard InChI is InChI=1S/C16H13ClN2O5S2/c17-12-4-2-1-3-10(12)7-13-15(21)19(16(22)25-13)8-14(20)18-11-5-6-26(23,24)9-11/h1-7,11H,8-9H2,(H,18,20)/b13-7+/t11-/m0/s1. The van der Waals surface area contributed by atoms with E-state index in [9.17, 15) is 22.8 Å². The summed E-state index contributed by atoms with van der Waals surface area (Å²) in [7, 11) is -3.31. The van der Waals surface area contributed by atoms with Crippen LogP contribution < -0.4 is 5.32 Å². The Morgan fingerprint density at radius 2 is 2.08 bits per heavy atom. The van der Waals surface area contributed by atoms with E-state index in [1.54, 1.807) is 24.3 Å². The number of halogens is 1. The molecule has 1 N–H and O–H groups in total. The van der Waals surface area contributed by atoms with E-state index in [-0.39, 0.29) is 10.7 Å². The van der Waals surface area contributed by atoms with Crippen molar-refractivity contribution in [2.75, 3.05) is 12.3 Å². The summed E-state index contributed by atoms with van der Waals surface area (Å²) in [5.74, 6) is -1.43. The first-order chi connectivity index (χ1) is 12.2. The van der Waals surface area contributed by atoms with Gasteiger partial charge in [-0.05, 0) is 35.5 Å². The molecule has 3 rings (SSSR count). The minimum absolute atomic E-state index is 0.166. The summed E-state index contributed by atoms with van der Waals surface area (Å²) in [6, 6.07) is 6.20. The Labute approximate surface area is 159 Å². The van der Waals surface area contributed by atoms with Crippen LogP contribution in [0.15, 0.2) is 40.7 Å². The van der Waals surface area contributed by atoms with Gasteiger partial charge in [-0.15, -0.1) is 0 Å². The van der Waals surface area contributed by atoms with Gasteiger partial charge >= 0.3 is 0 Å². The molecule has 2 aliphatic heterocycles. The number of imide groups is 1. The maximum atomic E-state index is 12.4. The van der Waals surface area contributed by atoms with Gasteiger partial charge in [-0.1, -0.05) is 29.8 Å². The third-order valence-electron chi connectivity index (χ3n) is 3.64. The van der Waals surface area contributed by atoms with Crippen LogP contribution in [0, 0.1) is 0 Å². The second-order valence-corrected chi connectivity index (χ2v) is 8.95. The molecule has 0 aromatic heterocycles. The van der Waals surface area contributed by atoms with Crippen LogP contribution >= 0.6 is 23.4 Å². The Morgan fingerprint density at radius 3 is 2.73 bits per heavy atom. The van der Waals surface area contributed by atoms with Gasteiger partial charge in [-0.3, -0.25) is 19.3 Å². The predicted molar refractivity (Wildman–Crippen MR) is 99.0 cm³/mol. The average Bonchev–Trinajstić information content (AvgIpc) is 3.03. The van der Waals surface area contributed by atoms with E-state index in [1.807, 2.05) is 0 Å². The smallest absolute Gasteiger partial charge is 0.294 e. The fourth-order valence-electron chi connectivity index (χ4n) is 2.43. The quantitative estimate of drug-likeness (QED) is 0.757. The molecule has 1 saturated heterocycles. The minimum atomic E-state index is -3.31. The van der Waals surface area contributed by atoms with Crippen molar-refractivity contribution in [1.29, 1.82) is 0 Å². The van der Waals surface area contributed by atoms with E-state index in [0.29, 0.717) is 10.6 Å². The number of thioether (sulfide) groups is 1. The first-order valence-corrected chi connectivity index (χ1v) is 10.4. The minimum Gasteiger partial charge on any atom is -0.347 e. The molecule has 0 bridgehead atoms. The molecule has 7 nitrogen and oxygen atoms in total. The zero-order valence-electron chi connectivity index (χ0n) is 13.2. The highest BCUT2D eigenvalue weighted by Gasteiger charge is 2.37. The molecule has 1 aromatic rings. The molecular weight excluding hydrogens is 400 g/mol. The molecule has 2 aliphatic rings. The molecule has 0 unspecified atom stereocenters. The highest BCUT2D eigenvalue weighted by molar-refractivity contribution is 8.18. The molecule has 1 fully saturated rings. The molecular formula is C16H13ClN2O5S2. The van der Waals surface area contributed by atoms with Crippen molar-refractivity contribution in [2.24, 2.45) is 0 Å². The molecule has 1 atom stereocenters. The van der Waals surface area contributed by atoms with Crippen molar-refractivity contribution in [1.82, 2.24) is 10.2 Å². The Kier molecular flexibility index (Phi) is 5.22. The number of rotatable bonds is 4. The van der Waals surface area contributed by atoms with Gasteiger partial charge < -0.3 is 5.32 Å². The van der Waals surface area contributed by atoms with Gasteiger partial charge in [-0.25, -0.2) is 8.42 Å². The summed E-state index contributed by atoms with van der Waals surface area (Å²) in [5, 5.41) is 3.37. The average molecular weight is 413 g/mol. The van der Waals surface area contributed by atoms with Gasteiger partial charge in [0.2, 0.25) is 5.91 Å². The molecule has 2 heterocycles. The lowest BCUT2D eigenvalue weighted by molar-refractivity contribution is -0.129. The van der Waals surface area contributed by atoms with Crippen molar-refractivity contribution in [3.05, 3.63) is 51.2 Å². The van der Waals surface area contributed by atoms with Crippen molar-refractivity contribution in [3.63, 3.8) is 0 Å². The lowest BCUT2D eigenvalue weighted by atomic mass is 10.2. The lowest BCUT2D eigenvalue weighted by Crippen LogP contribution is -2.43. The highest BCUT2D eigenvalue weighted by atomic mass is 35.5. The number of carbonyl (C=O) groups excluding carboxylic acids is 3. The Morgan fingerprint density at radius 1 is 1.35 bits per heavy atom. The molecule has 0 aliphatic carbocycles. The van der Waals surface area contributed by atoms with Gasteiger partial charge in [0.05, 0.1) is 16.7 Å². The van der Waals surface area contributed by atoms with Crippen molar-refractivity contribution in [2.45, 2.75) is 6.04 Å². The SMILES string of the molecule is O=C(CN1C(=O)S/C(=C/c2ccccc2Cl)C1=O)N[C@H]1C=CS(=O)(=O)C1. The van der Waals surface area contributed by atoms with E-state index in [2.05, 4.69) is 5.32 Å². The molecule has 1 aromatic carbocycles. The molecule has 0 saturated carbocycles. The van der Waals surface area contributed by atoms with Crippen LogP contribution in [0.2, 0.25) is 5.02 Å². The fourth-order valence-corrected chi connectivity index (χ4v) is 4.69. The second-order valence-electron chi connectivity index (χ2n) is 5.62. The summed E-state index contributed by atoms with van der Waals surface area (Å²) in [4.78, 5) is 37.5. The lowest BCUT2D eigenvalue weighted by Gasteiger charge is -2.14. The highest BCUT2D eigenvalue weighted by Crippen LogP contribution is 2.33. The van der Waals surface area contributed by atoms with Gasteiger partial charge in [0, 0.05) is 10.4 Å². The third-order valence-corrected chi connectivity index (χ3v) is 6.29. The molecule has 0 spiro atoms. The van der Waals surface area contributed by atoms with Gasteiger partial charge in [0.15, 0.2) is 9.84 Å². The Balaban J connectivity index is 1.67. The van der Waals surface area contributed by atoms with Crippen LogP contribution in [0.3, 0.4) is 0 Å². The van der Waals surface area contributed by atoms with E-state index >= 15 is 0 Å². The van der Waals surface area contributed by atoms with E-state index in [1.165, 1.54) is 12.2 Å². The maximum absolute atomic E-state index is 12.4. The number of sulfone groups is 1. The predicted octanol–water partition coefficient (Wildman–Crippen LogP) is 1.80. The Hall–Kier alpha value is -2.10. The van der Waals surface area contributed by atoms with E-state index < -0.39 is 39.5 Å². The first kappa shape index (κ1) is 18.7. The second kappa shape index (κ2) is 7.26. The number of carbonyl (C=O) groups is 3. The van der Waals surface area contributed by atoms with Gasteiger partial charge in [0.1, 0.15) is 6.54 Å². The van der Waals surface area contributed by atoms with Crippen molar-refractivity contribution >= 4 is 56.3 Å². The summed E-state index contributed by atoms with van der Waals surface area (Å²) < 4.78 is 22.7.